The Bertz CT molecular complexity index is 157. The summed E-state index contributed by atoms with van der Waals surface area (Å²) >= 11 is 0. The van der Waals surface area contributed by atoms with Gasteiger partial charge in [-0.25, -0.2) is 0 Å². The number of piperidine rings is 1. The summed E-state index contributed by atoms with van der Waals surface area (Å²) in [5, 5.41) is 3.61. The molecule has 1 fully saturated rings. The highest BCUT2D eigenvalue weighted by Crippen LogP contribution is 2.26. The second kappa shape index (κ2) is 6.52. The third kappa shape index (κ3) is 5.01. The molecule has 90 valence electrons. The summed E-state index contributed by atoms with van der Waals surface area (Å²) in [6.45, 7) is 10.7. The van der Waals surface area contributed by atoms with E-state index in [0.29, 0.717) is 0 Å². The van der Waals surface area contributed by atoms with Crippen LogP contribution >= 0.6 is 0 Å². The minimum Gasteiger partial charge on any atom is -0.314 e. The topological polar surface area (TPSA) is 12.0 Å². The zero-order valence-electron chi connectivity index (χ0n) is 11.1. The van der Waals surface area contributed by atoms with Gasteiger partial charge < -0.3 is 5.32 Å². The molecule has 1 aliphatic heterocycles. The van der Waals surface area contributed by atoms with Gasteiger partial charge in [0.2, 0.25) is 0 Å². The molecule has 1 nitrogen and oxygen atoms in total. The molecule has 0 bridgehead atoms. The van der Waals surface area contributed by atoms with Crippen molar-refractivity contribution >= 4 is 0 Å². The van der Waals surface area contributed by atoms with Gasteiger partial charge in [0.25, 0.3) is 0 Å². The molecular formula is C14H29N. The average Bonchev–Trinajstić information content (AvgIpc) is 2.18. The van der Waals surface area contributed by atoms with Gasteiger partial charge in [0.15, 0.2) is 0 Å². The molecule has 0 aliphatic carbocycles. The molecule has 1 N–H and O–H groups in total. The van der Waals surface area contributed by atoms with Gasteiger partial charge in [0, 0.05) is 6.04 Å². The maximum absolute atomic E-state index is 3.61. The molecule has 0 aromatic rings. The standard InChI is InChI=1S/C14H29N/c1-11(2)6-5-7-12(3)14-9-8-13(4)15-10-14/h11-15H,5-10H2,1-4H3. The van der Waals surface area contributed by atoms with Gasteiger partial charge in [-0.05, 0) is 44.1 Å². The lowest BCUT2D eigenvalue weighted by Gasteiger charge is -2.32. The van der Waals surface area contributed by atoms with Gasteiger partial charge in [-0.2, -0.15) is 0 Å². The van der Waals surface area contributed by atoms with Crippen molar-refractivity contribution in [1.29, 1.82) is 0 Å². The van der Waals surface area contributed by atoms with Crippen LogP contribution in [0.15, 0.2) is 0 Å². The van der Waals surface area contributed by atoms with Gasteiger partial charge in [0.05, 0.1) is 0 Å². The summed E-state index contributed by atoms with van der Waals surface area (Å²) in [6, 6.07) is 0.754. The second-order valence-corrected chi connectivity index (χ2v) is 5.95. The normalized spacial score (nSPS) is 29.4. The third-order valence-electron chi connectivity index (χ3n) is 3.94. The minimum atomic E-state index is 0.754. The van der Waals surface area contributed by atoms with E-state index < -0.39 is 0 Å². The Hall–Kier alpha value is -0.0400. The SMILES string of the molecule is CC(C)CCCC(C)C1CCC(C)NC1. The molecule has 1 saturated heterocycles. The molecule has 1 rings (SSSR count). The van der Waals surface area contributed by atoms with Crippen LogP contribution in [0.1, 0.15) is 59.8 Å². The van der Waals surface area contributed by atoms with Crippen LogP contribution in [0.25, 0.3) is 0 Å². The molecule has 1 aliphatic rings. The third-order valence-corrected chi connectivity index (χ3v) is 3.94. The van der Waals surface area contributed by atoms with E-state index in [1.54, 1.807) is 0 Å². The second-order valence-electron chi connectivity index (χ2n) is 5.95. The van der Waals surface area contributed by atoms with E-state index >= 15 is 0 Å². The van der Waals surface area contributed by atoms with Gasteiger partial charge >= 0.3 is 0 Å². The minimum absolute atomic E-state index is 0.754. The fourth-order valence-electron chi connectivity index (χ4n) is 2.59. The van der Waals surface area contributed by atoms with Crippen molar-refractivity contribution < 1.29 is 0 Å². The molecule has 0 saturated carbocycles. The lowest BCUT2D eigenvalue weighted by Crippen LogP contribution is -2.39. The van der Waals surface area contributed by atoms with Crippen LogP contribution in [-0.2, 0) is 0 Å². The summed E-state index contributed by atoms with van der Waals surface area (Å²) in [5.74, 6) is 2.74. The van der Waals surface area contributed by atoms with Gasteiger partial charge in [-0.3, -0.25) is 0 Å². The summed E-state index contributed by atoms with van der Waals surface area (Å²) in [6.07, 6.45) is 7.07. The van der Waals surface area contributed by atoms with E-state index in [9.17, 15) is 0 Å². The lowest BCUT2D eigenvalue weighted by molar-refractivity contribution is 0.234. The van der Waals surface area contributed by atoms with Crippen molar-refractivity contribution in [2.24, 2.45) is 17.8 Å². The van der Waals surface area contributed by atoms with Crippen LogP contribution in [0.2, 0.25) is 0 Å². The Morgan fingerprint density at radius 1 is 1.13 bits per heavy atom. The number of hydrogen-bond donors (Lipinski definition) is 1. The van der Waals surface area contributed by atoms with E-state index in [1.807, 2.05) is 0 Å². The highest BCUT2D eigenvalue weighted by molar-refractivity contribution is 4.78. The molecule has 0 amide bonds. The predicted molar refractivity (Wildman–Crippen MR) is 68.0 cm³/mol. The maximum Gasteiger partial charge on any atom is 0.00389 e. The Kier molecular flexibility index (Phi) is 5.66. The molecule has 3 unspecified atom stereocenters. The van der Waals surface area contributed by atoms with E-state index in [-0.39, 0.29) is 0 Å². The fourth-order valence-corrected chi connectivity index (χ4v) is 2.59. The first-order valence-electron chi connectivity index (χ1n) is 6.83. The molecule has 1 heteroatoms. The fraction of sp³-hybridized carbons (Fsp3) is 1.00. The van der Waals surface area contributed by atoms with Crippen LogP contribution in [-0.4, -0.2) is 12.6 Å². The Morgan fingerprint density at radius 2 is 1.87 bits per heavy atom. The van der Waals surface area contributed by atoms with Crippen molar-refractivity contribution in [2.75, 3.05) is 6.54 Å². The smallest absolute Gasteiger partial charge is 0.00389 e. The van der Waals surface area contributed by atoms with Gasteiger partial charge in [-0.1, -0.05) is 40.0 Å². The van der Waals surface area contributed by atoms with Crippen LogP contribution in [0, 0.1) is 17.8 Å². The van der Waals surface area contributed by atoms with E-state index in [2.05, 4.69) is 33.0 Å². The molecule has 3 atom stereocenters. The summed E-state index contributed by atoms with van der Waals surface area (Å²) in [4.78, 5) is 0. The highest BCUT2D eigenvalue weighted by atomic mass is 14.9. The molecule has 0 radical (unpaired) electrons. The Balaban J connectivity index is 2.13. The number of rotatable bonds is 5. The van der Waals surface area contributed by atoms with Gasteiger partial charge in [0.1, 0.15) is 0 Å². The quantitative estimate of drug-likeness (QED) is 0.728. The molecule has 0 aromatic carbocycles. The van der Waals surface area contributed by atoms with Crippen molar-refractivity contribution in [3.05, 3.63) is 0 Å². The number of hydrogen-bond acceptors (Lipinski definition) is 1. The molecular weight excluding hydrogens is 182 g/mol. The predicted octanol–water partition coefficient (Wildman–Crippen LogP) is 3.84. The average molecular weight is 211 g/mol. The highest BCUT2D eigenvalue weighted by Gasteiger charge is 2.22. The zero-order chi connectivity index (χ0) is 11.3. The Morgan fingerprint density at radius 3 is 2.40 bits per heavy atom. The molecule has 0 spiro atoms. The lowest BCUT2D eigenvalue weighted by atomic mass is 9.82. The number of nitrogens with one attached hydrogen (secondary N) is 1. The van der Waals surface area contributed by atoms with Crippen LogP contribution in [0.3, 0.4) is 0 Å². The Labute approximate surface area is 96.0 Å². The molecule has 0 aromatic heterocycles. The summed E-state index contributed by atoms with van der Waals surface area (Å²) in [7, 11) is 0. The summed E-state index contributed by atoms with van der Waals surface area (Å²) < 4.78 is 0. The van der Waals surface area contributed by atoms with Crippen LogP contribution in [0.5, 0.6) is 0 Å². The molecule has 1 heterocycles. The van der Waals surface area contributed by atoms with Crippen LogP contribution < -0.4 is 5.32 Å². The van der Waals surface area contributed by atoms with Crippen molar-refractivity contribution in [1.82, 2.24) is 5.32 Å². The van der Waals surface area contributed by atoms with E-state index in [0.717, 1.165) is 23.8 Å². The van der Waals surface area contributed by atoms with Crippen molar-refractivity contribution in [3.63, 3.8) is 0 Å². The molecule has 15 heavy (non-hydrogen) atoms. The van der Waals surface area contributed by atoms with Gasteiger partial charge in [-0.15, -0.1) is 0 Å². The van der Waals surface area contributed by atoms with E-state index in [4.69, 9.17) is 0 Å². The largest absolute Gasteiger partial charge is 0.314 e. The first kappa shape index (κ1) is 13.0. The van der Waals surface area contributed by atoms with Crippen molar-refractivity contribution in [2.45, 2.75) is 65.8 Å². The monoisotopic (exact) mass is 211 g/mol. The zero-order valence-corrected chi connectivity index (χ0v) is 11.1. The summed E-state index contributed by atoms with van der Waals surface area (Å²) in [5.41, 5.74) is 0. The maximum atomic E-state index is 3.61. The first-order chi connectivity index (χ1) is 7.09. The van der Waals surface area contributed by atoms with Crippen LogP contribution in [0.4, 0.5) is 0 Å². The first-order valence-corrected chi connectivity index (χ1v) is 6.83. The van der Waals surface area contributed by atoms with E-state index in [1.165, 1.54) is 38.6 Å². The van der Waals surface area contributed by atoms with Crippen molar-refractivity contribution in [3.8, 4) is 0 Å².